The van der Waals surface area contributed by atoms with Gasteiger partial charge >= 0.3 is 5.97 Å². The standard InChI is InChI=1S/C22H29N3O4.ClH/c1-3-7-20(23-19-8-5-4-6-9-19)17-24(15-14-22(26)29-2)16-18-10-12-21(13-11-18)25(27)28;/h4-6,8-13,20,23H,3,7,14-17H2,1-2H3;1H. The van der Waals surface area contributed by atoms with Crippen LogP contribution in [0.25, 0.3) is 0 Å². The van der Waals surface area contributed by atoms with Gasteiger partial charge in [-0.2, -0.15) is 0 Å². The molecule has 0 spiro atoms. The molecule has 0 aromatic heterocycles. The van der Waals surface area contributed by atoms with Gasteiger partial charge in [-0.05, 0) is 24.1 Å². The zero-order valence-corrected chi connectivity index (χ0v) is 18.3. The zero-order chi connectivity index (χ0) is 21.1. The number of esters is 1. The SMILES string of the molecule is CCCC(CN(CCC(=O)OC)Cc1ccc([N+](=O)[O-])cc1)Nc1ccccc1.Cl. The number of methoxy groups -OCH3 is 1. The Kier molecular flexibility index (Phi) is 11.5. The molecule has 1 unspecified atom stereocenters. The maximum Gasteiger partial charge on any atom is 0.306 e. The van der Waals surface area contributed by atoms with Gasteiger partial charge in [0.05, 0.1) is 18.5 Å². The third-order valence-electron chi connectivity index (χ3n) is 4.67. The Morgan fingerprint density at radius 3 is 2.40 bits per heavy atom. The molecular formula is C22H30ClN3O4. The summed E-state index contributed by atoms with van der Waals surface area (Å²) in [7, 11) is 1.39. The summed E-state index contributed by atoms with van der Waals surface area (Å²) in [5.74, 6) is -0.248. The number of hydrogen-bond donors (Lipinski definition) is 1. The summed E-state index contributed by atoms with van der Waals surface area (Å²) >= 11 is 0. The Bertz CT molecular complexity index is 772. The van der Waals surface area contributed by atoms with E-state index < -0.39 is 4.92 Å². The number of para-hydroxylation sites is 1. The molecule has 7 nitrogen and oxygen atoms in total. The zero-order valence-electron chi connectivity index (χ0n) is 17.5. The van der Waals surface area contributed by atoms with Gasteiger partial charge in [0.1, 0.15) is 0 Å². The lowest BCUT2D eigenvalue weighted by Crippen LogP contribution is -2.37. The summed E-state index contributed by atoms with van der Waals surface area (Å²) in [6.07, 6.45) is 2.32. The quantitative estimate of drug-likeness (QED) is 0.296. The monoisotopic (exact) mass is 435 g/mol. The van der Waals surface area contributed by atoms with Crippen LogP contribution in [-0.2, 0) is 16.1 Å². The van der Waals surface area contributed by atoms with Crippen LogP contribution >= 0.6 is 12.4 Å². The second-order valence-corrected chi connectivity index (χ2v) is 6.98. The van der Waals surface area contributed by atoms with E-state index in [1.807, 2.05) is 30.3 Å². The largest absolute Gasteiger partial charge is 0.469 e. The lowest BCUT2D eigenvalue weighted by atomic mass is 10.1. The molecule has 0 aliphatic rings. The van der Waals surface area contributed by atoms with Crippen molar-refractivity contribution in [2.45, 2.75) is 38.8 Å². The van der Waals surface area contributed by atoms with Gasteiger partial charge in [0.15, 0.2) is 0 Å². The van der Waals surface area contributed by atoms with E-state index in [9.17, 15) is 14.9 Å². The number of ether oxygens (including phenoxy) is 1. The van der Waals surface area contributed by atoms with Crippen LogP contribution in [0.5, 0.6) is 0 Å². The van der Waals surface area contributed by atoms with Gasteiger partial charge in [0, 0.05) is 43.5 Å². The van der Waals surface area contributed by atoms with Crippen molar-refractivity contribution < 1.29 is 14.5 Å². The molecule has 2 rings (SSSR count). The average molecular weight is 436 g/mol. The number of non-ortho nitro benzene ring substituents is 1. The van der Waals surface area contributed by atoms with E-state index in [-0.39, 0.29) is 30.1 Å². The topological polar surface area (TPSA) is 84.7 Å². The van der Waals surface area contributed by atoms with Crippen molar-refractivity contribution in [1.82, 2.24) is 4.90 Å². The summed E-state index contributed by atoms with van der Waals surface area (Å²) in [5.41, 5.74) is 2.11. The third kappa shape index (κ3) is 8.80. The molecule has 0 amide bonds. The number of nitro benzene ring substituents is 1. The molecule has 0 radical (unpaired) electrons. The number of benzene rings is 2. The second kappa shape index (κ2) is 13.6. The predicted octanol–water partition coefficient (Wildman–Crippen LogP) is 4.66. The molecule has 0 saturated heterocycles. The smallest absolute Gasteiger partial charge is 0.306 e. The van der Waals surface area contributed by atoms with Crippen molar-refractivity contribution >= 4 is 29.8 Å². The highest BCUT2D eigenvalue weighted by Crippen LogP contribution is 2.16. The van der Waals surface area contributed by atoms with Gasteiger partial charge in [-0.25, -0.2) is 0 Å². The van der Waals surface area contributed by atoms with Crippen LogP contribution in [0, 0.1) is 10.1 Å². The number of hydrogen-bond acceptors (Lipinski definition) is 6. The van der Waals surface area contributed by atoms with E-state index in [2.05, 4.69) is 17.1 Å². The highest BCUT2D eigenvalue weighted by molar-refractivity contribution is 5.85. The molecule has 0 fully saturated rings. The lowest BCUT2D eigenvalue weighted by Gasteiger charge is -2.28. The molecule has 0 heterocycles. The Balaban J connectivity index is 0.00000450. The molecule has 1 N–H and O–H groups in total. The van der Waals surface area contributed by atoms with E-state index in [0.717, 1.165) is 30.6 Å². The fraction of sp³-hybridized carbons (Fsp3) is 0.409. The number of carbonyl (C=O) groups excluding carboxylic acids is 1. The molecule has 30 heavy (non-hydrogen) atoms. The van der Waals surface area contributed by atoms with E-state index in [0.29, 0.717) is 19.5 Å². The first-order chi connectivity index (χ1) is 14.0. The van der Waals surface area contributed by atoms with Crippen LogP contribution in [-0.4, -0.2) is 42.0 Å². The second-order valence-electron chi connectivity index (χ2n) is 6.98. The summed E-state index contributed by atoms with van der Waals surface area (Å²) < 4.78 is 4.78. The van der Waals surface area contributed by atoms with Gasteiger partial charge in [-0.1, -0.05) is 43.7 Å². The highest BCUT2D eigenvalue weighted by atomic mass is 35.5. The number of anilines is 1. The normalized spacial score (nSPS) is 11.4. The summed E-state index contributed by atoms with van der Waals surface area (Å²) in [5, 5.41) is 14.4. The minimum absolute atomic E-state index is 0. The Labute approximate surface area is 184 Å². The van der Waals surface area contributed by atoms with Crippen LogP contribution in [0.3, 0.4) is 0 Å². The minimum atomic E-state index is -0.403. The Morgan fingerprint density at radius 2 is 1.83 bits per heavy atom. The molecule has 0 bridgehead atoms. The van der Waals surface area contributed by atoms with Crippen molar-refractivity contribution in [3.63, 3.8) is 0 Å². The van der Waals surface area contributed by atoms with E-state index >= 15 is 0 Å². The number of nitrogens with zero attached hydrogens (tertiary/aromatic N) is 2. The lowest BCUT2D eigenvalue weighted by molar-refractivity contribution is -0.384. The van der Waals surface area contributed by atoms with Crippen LogP contribution in [0.15, 0.2) is 54.6 Å². The molecule has 0 aliphatic heterocycles. The highest BCUT2D eigenvalue weighted by Gasteiger charge is 2.16. The van der Waals surface area contributed by atoms with Crippen LogP contribution < -0.4 is 5.32 Å². The van der Waals surface area contributed by atoms with Crippen molar-refractivity contribution in [2.24, 2.45) is 0 Å². The summed E-state index contributed by atoms with van der Waals surface area (Å²) in [6.45, 7) is 4.05. The van der Waals surface area contributed by atoms with E-state index in [1.54, 1.807) is 12.1 Å². The molecule has 164 valence electrons. The van der Waals surface area contributed by atoms with Crippen molar-refractivity contribution in [3.8, 4) is 0 Å². The number of rotatable bonds is 12. The Hall–Kier alpha value is -2.64. The summed E-state index contributed by atoms with van der Waals surface area (Å²) in [4.78, 5) is 24.3. The summed E-state index contributed by atoms with van der Waals surface area (Å²) in [6, 6.07) is 16.8. The first-order valence-electron chi connectivity index (χ1n) is 9.86. The van der Waals surface area contributed by atoms with Gasteiger partial charge in [-0.3, -0.25) is 19.8 Å². The van der Waals surface area contributed by atoms with Crippen LogP contribution in [0.1, 0.15) is 31.7 Å². The van der Waals surface area contributed by atoms with Crippen LogP contribution in [0.2, 0.25) is 0 Å². The fourth-order valence-electron chi connectivity index (χ4n) is 3.21. The number of carbonyl (C=O) groups is 1. The first-order valence-corrected chi connectivity index (χ1v) is 9.86. The number of halogens is 1. The molecule has 8 heteroatoms. The van der Waals surface area contributed by atoms with Gasteiger partial charge in [-0.15, -0.1) is 12.4 Å². The van der Waals surface area contributed by atoms with E-state index in [1.165, 1.54) is 19.2 Å². The van der Waals surface area contributed by atoms with Gasteiger partial charge in [0.2, 0.25) is 0 Å². The molecule has 1 atom stereocenters. The van der Waals surface area contributed by atoms with Crippen molar-refractivity contribution in [1.29, 1.82) is 0 Å². The average Bonchev–Trinajstić information content (AvgIpc) is 2.73. The maximum atomic E-state index is 11.7. The van der Waals surface area contributed by atoms with E-state index in [4.69, 9.17) is 4.74 Å². The van der Waals surface area contributed by atoms with Gasteiger partial charge in [0.25, 0.3) is 5.69 Å². The van der Waals surface area contributed by atoms with Crippen molar-refractivity contribution in [2.75, 3.05) is 25.5 Å². The molecule has 0 saturated carbocycles. The molecule has 2 aromatic rings. The third-order valence-corrected chi connectivity index (χ3v) is 4.67. The van der Waals surface area contributed by atoms with Crippen molar-refractivity contribution in [3.05, 3.63) is 70.3 Å². The number of nitro groups is 1. The predicted molar refractivity (Wildman–Crippen MR) is 121 cm³/mol. The maximum absolute atomic E-state index is 11.7. The first kappa shape index (κ1) is 25.4. The molecular weight excluding hydrogens is 406 g/mol. The number of nitrogens with one attached hydrogen (secondary N) is 1. The van der Waals surface area contributed by atoms with Gasteiger partial charge < -0.3 is 10.1 Å². The molecule has 0 aliphatic carbocycles. The van der Waals surface area contributed by atoms with Crippen LogP contribution in [0.4, 0.5) is 11.4 Å². The minimum Gasteiger partial charge on any atom is -0.469 e. The Morgan fingerprint density at radius 1 is 1.17 bits per heavy atom. The molecule has 2 aromatic carbocycles. The fourth-order valence-corrected chi connectivity index (χ4v) is 3.21.